The van der Waals surface area contributed by atoms with Crippen molar-refractivity contribution in [1.29, 1.82) is 0 Å². The average molecular weight is 471 g/mol. The fourth-order valence-corrected chi connectivity index (χ4v) is 4.17. The molecule has 3 rings (SSSR count). The van der Waals surface area contributed by atoms with Crippen molar-refractivity contribution >= 4 is 43.6 Å². The van der Waals surface area contributed by atoms with Gasteiger partial charge in [-0.2, -0.15) is 0 Å². The van der Waals surface area contributed by atoms with Crippen LogP contribution in [-0.2, 0) is 14.8 Å². The maximum absolute atomic E-state index is 12.7. The summed E-state index contributed by atoms with van der Waals surface area (Å²) in [5, 5.41) is 6.18. The maximum atomic E-state index is 12.7. The van der Waals surface area contributed by atoms with Crippen LogP contribution >= 0.6 is 15.9 Å². The molecule has 2 N–H and O–H groups in total. The fourth-order valence-electron chi connectivity index (χ4n) is 2.42. The van der Waals surface area contributed by atoms with Crippen LogP contribution < -0.4 is 10.0 Å². The van der Waals surface area contributed by atoms with Gasteiger partial charge in [-0.25, -0.2) is 13.1 Å². The number of nitrogens with zero attached hydrogens (tertiary/aromatic N) is 2. The lowest BCUT2D eigenvalue weighted by Crippen LogP contribution is -2.35. The van der Waals surface area contributed by atoms with E-state index in [1.165, 1.54) is 30.1 Å². The first-order chi connectivity index (χ1) is 13.2. The number of halogens is 1. The molecule has 1 saturated carbocycles. The molecular formula is C17H19BrN4O5S. The van der Waals surface area contributed by atoms with Gasteiger partial charge in [0, 0.05) is 23.6 Å². The Bertz CT molecular complexity index is 1020. The number of anilines is 1. The van der Waals surface area contributed by atoms with Crippen molar-refractivity contribution in [3.63, 3.8) is 0 Å². The molecule has 0 atom stereocenters. The summed E-state index contributed by atoms with van der Waals surface area (Å²) >= 11 is 3.27. The van der Waals surface area contributed by atoms with Gasteiger partial charge in [-0.1, -0.05) is 5.16 Å². The highest BCUT2D eigenvalue weighted by Gasteiger charge is 2.29. The van der Waals surface area contributed by atoms with E-state index in [4.69, 9.17) is 4.52 Å². The van der Waals surface area contributed by atoms with Crippen LogP contribution in [0.3, 0.4) is 0 Å². The quantitative estimate of drug-likeness (QED) is 0.636. The van der Waals surface area contributed by atoms with Gasteiger partial charge >= 0.3 is 0 Å². The van der Waals surface area contributed by atoms with Gasteiger partial charge in [-0.15, -0.1) is 0 Å². The molecule has 0 radical (unpaired) electrons. The van der Waals surface area contributed by atoms with Crippen LogP contribution in [0.25, 0.3) is 0 Å². The molecule has 1 aromatic heterocycles. The molecule has 1 fully saturated rings. The number of aromatic nitrogens is 1. The molecule has 1 aliphatic carbocycles. The minimum atomic E-state index is -3.70. The minimum Gasteiger partial charge on any atom is -0.360 e. The molecule has 1 heterocycles. The number of nitrogens with one attached hydrogen (secondary N) is 2. The first-order valence-electron chi connectivity index (χ1n) is 8.46. The summed E-state index contributed by atoms with van der Waals surface area (Å²) in [6, 6.07) is 5.73. The van der Waals surface area contributed by atoms with Crippen LogP contribution in [0.15, 0.2) is 38.2 Å². The van der Waals surface area contributed by atoms with E-state index in [2.05, 4.69) is 31.1 Å². The van der Waals surface area contributed by atoms with Crippen LogP contribution in [0.2, 0.25) is 0 Å². The predicted octanol–water partition coefficient (Wildman–Crippen LogP) is 1.90. The molecule has 1 aromatic carbocycles. The Morgan fingerprint density at radius 2 is 2.04 bits per heavy atom. The molecule has 1 aliphatic rings. The Morgan fingerprint density at radius 1 is 1.32 bits per heavy atom. The fraction of sp³-hybridized carbons (Fsp3) is 0.353. The second-order valence-electron chi connectivity index (χ2n) is 6.57. The third-order valence-corrected chi connectivity index (χ3v) is 6.21. The Morgan fingerprint density at radius 3 is 2.64 bits per heavy atom. The normalized spacial score (nSPS) is 14.0. The van der Waals surface area contributed by atoms with Crippen LogP contribution in [0.5, 0.6) is 0 Å². The molecule has 0 unspecified atom stereocenters. The molecule has 0 saturated heterocycles. The zero-order chi connectivity index (χ0) is 20.5. The topological polar surface area (TPSA) is 122 Å². The molecule has 150 valence electrons. The van der Waals surface area contributed by atoms with Crippen molar-refractivity contribution < 1.29 is 22.5 Å². The van der Waals surface area contributed by atoms with Gasteiger partial charge in [0.1, 0.15) is 5.76 Å². The van der Waals surface area contributed by atoms with Crippen molar-refractivity contribution in [3.05, 3.63) is 40.1 Å². The Kier molecular flexibility index (Phi) is 5.87. The van der Waals surface area contributed by atoms with E-state index >= 15 is 0 Å². The van der Waals surface area contributed by atoms with Crippen molar-refractivity contribution in [2.75, 3.05) is 18.9 Å². The number of aryl methyl sites for hydroxylation is 1. The molecule has 28 heavy (non-hydrogen) atoms. The Labute approximate surface area is 170 Å². The molecule has 0 spiro atoms. The first kappa shape index (κ1) is 20.5. The number of hydrogen-bond donors (Lipinski definition) is 2. The molecule has 9 nitrogen and oxygen atoms in total. The molecule has 2 aromatic rings. The highest BCUT2D eigenvalue weighted by Crippen LogP contribution is 2.25. The number of benzene rings is 1. The third kappa shape index (κ3) is 4.97. The molecular weight excluding hydrogens is 452 g/mol. The molecule has 0 bridgehead atoms. The van der Waals surface area contributed by atoms with E-state index in [0.29, 0.717) is 10.2 Å². The summed E-state index contributed by atoms with van der Waals surface area (Å²) in [7, 11) is -2.25. The highest BCUT2D eigenvalue weighted by molar-refractivity contribution is 9.10. The Balaban J connectivity index is 1.71. The van der Waals surface area contributed by atoms with Gasteiger partial charge in [0.05, 0.1) is 17.0 Å². The van der Waals surface area contributed by atoms with E-state index in [0.717, 1.165) is 12.8 Å². The SMILES string of the molecule is Cc1cc(NC(=O)CN(C)C(=O)c2cc(S(=O)(=O)NC3CC3)ccc2Br)no1. The summed E-state index contributed by atoms with van der Waals surface area (Å²) < 4.78 is 32.7. The lowest BCUT2D eigenvalue weighted by atomic mass is 10.2. The zero-order valence-corrected chi connectivity index (χ0v) is 17.6. The lowest BCUT2D eigenvalue weighted by molar-refractivity contribution is -0.116. The van der Waals surface area contributed by atoms with Gasteiger partial charge in [0.25, 0.3) is 5.91 Å². The lowest BCUT2D eigenvalue weighted by Gasteiger charge is -2.18. The summed E-state index contributed by atoms with van der Waals surface area (Å²) in [4.78, 5) is 26.0. The predicted molar refractivity (Wildman–Crippen MR) is 104 cm³/mol. The Hall–Kier alpha value is -2.24. The third-order valence-electron chi connectivity index (χ3n) is 4.00. The van der Waals surface area contributed by atoms with Crippen LogP contribution in [0, 0.1) is 6.92 Å². The standard InChI is InChI=1S/C17H19BrN4O5S/c1-10-7-15(20-27-10)19-16(23)9-22(2)17(24)13-8-12(5-6-14(13)18)28(25,26)21-11-3-4-11/h5-8,11,21H,3-4,9H2,1-2H3,(H,19,20,23). The van der Waals surface area contributed by atoms with E-state index < -0.39 is 21.8 Å². The summed E-state index contributed by atoms with van der Waals surface area (Å²) in [6.45, 7) is 1.45. The second kappa shape index (κ2) is 8.02. The number of likely N-dealkylation sites (N-methyl/N-ethyl adjacent to an activating group) is 1. The van der Waals surface area contributed by atoms with Crippen LogP contribution in [0.1, 0.15) is 29.0 Å². The van der Waals surface area contributed by atoms with Crippen molar-refractivity contribution in [1.82, 2.24) is 14.8 Å². The molecule has 2 amide bonds. The number of sulfonamides is 1. The largest absolute Gasteiger partial charge is 0.360 e. The van der Waals surface area contributed by atoms with Crippen molar-refractivity contribution in [2.24, 2.45) is 0 Å². The number of hydrogen-bond acceptors (Lipinski definition) is 6. The van der Waals surface area contributed by atoms with E-state index in [1.54, 1.807) is 13.0 Å². The van der Waals surface area contributed by atoms with Gasteiger partial charge in [0.2, 0.25) is 15.9 Å². The zero-order valence-electron chi connectivity index (χ0n) is 15.2. The van der Waals surface area contributed by atoms with Crippen LogP contribution in [-0.4, -0.2) is 49.9 Å². The van der Waals surface area contributed by atoms with E-state index in [9.17, 15) is 18.0 Å². The van der Waals surface area contributed by atoms with Gasteiger partial charge < -0.3 is 14.7 Å². The summed E-state index contributed by atoms with van der Waals surface area (Å²) in [5.41, 5.74) is 0.145. The van der Waals surface area contributed by atoms with E-state index in [-0.39, 0.29) is 28.9 Å². The first-order valence-corrected chi connectivity index (χ1v) is 10.7. The monoisotopic (exact) mass is 470 g/mol. The number of amides is 2. The molecule has 11 heteroatoms. The number of carbonyl (C=O) groups is 2. The van der Waals surface area contributed by atoms with Crippen molar-refractivity contribution in [2.45, 2.75) is 30.7 Å². The maximum Gasteiger partial charge on any atom is 0.255 e. The van der Waals surface area contributed by atoms with Gasteiger partial charge in [-0.3, -0.25) is 9.59 Å². The number of rotatable bonds is 7. The summed E-state index contributed by atoms with van der Waals surface area (Å²) in [6.07, 6.45) is 1.62. The van der Waals surface area contributed by atoms with Gasteiger partial charge in [-0.05, 0) is 53.9 Å². The number of carbonyl (C=O) groups excluding carboxylic acids is 2. The minimum absolute atomic E-state index is 0.00174. The highest BCUT2D eigenvalue weighted by atomic mass is 79.9. The summed E-state index contributed by atoms with van der Waals surface area (Å²) in [5.74, 6) is -0.161. The molecule has 0 aliphatic heterocycles. The smallest absolute Gasteiger partial charge is 0.255 e. The second-order valence-corrected chi connectivity index (χ2v) is 9.14. The van der Waals surface area contributed by atoms with Crippen molar-refractivity contribution in [3.8, 4) is 0 Å². The van der Waals surface area contributed by atoms with E-state index in [1.807, 2.05) is 0 Å². The average Bonchev–Trinajstić information content (AvgIpc) is 3.33. The van der Waals surface area contributed by atoms with Gasteiger partial charge in [0.15, 0.2) is 5.82 Å². The van der Waals surface area contributed by atoms with Crippen LogP contribution in [0.4, 0.5) is 5.82 Å².